The van der Waals surface area contributed by atoms with Crippen molar-refractivity contribution < 1.29 is 19.0 Å². The molecule has 6 heteroatoms. The monoisotopic (exact) mass is 376 g/mol. The Kier molecular flexibility index (Phi) is 6.96. The fraction of sp³-hybridized carbons (Fsp3) is 0.667. The van der Waals surface area contributed by atoms with E-state index >= 15 is 0 Å². The minimum absolute atomic E-state index is 0.0247. The maximum atomic E-state index is 11.5. The van der Waals surface area contributed by atoms with E-state index in [1.807, 2.05) is 31.2 Å². The number of ether oxygens (including phenoxy) is 3. The summed E-state index contributed by atoms with van der Waals surface area (Å²) in [4.78, 5) is 13.9. The molecule has 1 aliphatic heterocycles. The molecule has 0 radical (unpaired) electrons. The van der Waals surface area contributed by atoms with E-state index in [1.54, 1.807) is 14.0 Å². The third-order valence-corrected chi connectivity index (χ3v) is 5.70. The van der Waals surface area contributed by atoms with Gasteiger partial charge in [-0.3, -0.25) is 9.69 Å². The minimum Gasteiger partial charge on any atom is -0.490 e. The Hall–Kier alpha value is -1.79. The second-order valence-electron chi connectivity index (χ2n) is 7.56. The zero-order valence-electron chi connectivity index (χ0n) is 16.6. The Morgan fingerprint density at radius 2 is 1.81 bits per heavy atom. The first kappa shape index (κ1) is 20.0. The van der Waals surface area contributed by atoms with Gasteiger partial charge in [0.05, 0.1) is 18.8 Å². The molecule has 0 bridgehead atoms. The molecule has 1 saturated heterocycles. The van der Waals surface area contributed by atoms with Crippen LogP contribution >= 0.6 is 0 Å². The molecule has 6 nitrogen and oxygen atoms in total. The number of hydrogen-bond donors (Lipinski definition) is 1. The number of amides is 1. The van der Waals surface area contributed by atoms with Gasteiger partial charge in [-0.05, 0) is 43.7 Å². The summed E-state index contributed by atoms with van der Waals surface area (Å²) in [5.74, 6) is 2.88. The number of carbonyl (C=O) groups is 1. The maximum Gasteiger partial charge on any atom is 0.217 e. The number of fused-ring (bicyclic) bond motifs is 1. The molecule has 2 fully saturated rings. The minimum atomic E-state index is 0.0247. The predicted octanol–water partition coefficient (Wildman–Crippen LogP) is 2.33. The van der Waals surface area contributed by atoms with Gasteiger partial charge in [-0.1, -0.05) is 12.1 Å². The van der Waals surface area contributed by atoms with Crippen LogP contribution in [-0.4, -0.2) is 62.9 Å². The highest BCUT2D eigenvalue weighted by Gasteiger charge is 2.42. The molecule has 2 aliphatic rings. The standard InChI is InChI=1S/C21H32N2O4/c1-4-26-19-7-5-6-8-20(19)27-10-9-23-13-16-11-18(22-15(2)24)21(25-3)12-17(16)14-23/h5-8,16-18,21H,4,9-14H2,1-3H3,(H,22,24)/t16-,17+,18-,21-/m1/s1. The molecule has 0 spiro atoms. The second kappa shape index (κ2) is 9.42. The van der Waals surface area contributed by atoms with E-state index in [9.17, 15) is 4.79 Å². The molecular weight excluding hydrogens is 344 g/mol. The molecule has 1 saturated carbocycles. The van der Waals surface area contributed by atoms with Crippen molar-refractivity contribution in [3.63, 3.8) is 0 Å². The number of hydrogen-bond acceptors (Lipinski definition) is 5. The van der Waals surface area contributed by atoms with Crippen molar-refractivity contribution in [1.29, 1.82) is 0 Å². The maximum absolute atomic E-state index is 11.5. The number of nitrogens with zero attached hydrogens (tertiary/aromatic N) is 1. The van der Waals surface area contributed by atoms with Gasteiger partial charge in [0.25, 0.3) is 0 Å². The highest BCUT2D eigenvalue weighted by atomic mass is 16.5. The largest absolute Gasteiger partial charge is 0.490 e. The van der Waals surface area contributed by atoms with Crippen molar-refractivity contribution in [2.75, 3.05) is 40.0 Å². The summed E-state index contributed by atoms with van der Waals surface area (Å²) in [6.07, 6.45) is 2.12. The number of likely N-dealkylation sites (tertiary alicyclic amines) is 1. The molecule has 1 aromatic rings. The lowest BCUT2D eigenvalue weighted by Crippen LogP contribution is -2.49. The molecule has 4 atom stereocenters. The van der Waals surface area contributed by atoms with Crippen LogP contribution in [0.4, 0.5) is 0 Å². The summed E-state index contributed by atoms with van der Waals surface area (Å²) in [6.45, 7) is 7.87. The van der Waals surface area contributed by atoms with Gasteiger partial charge >= 0.3 is 0 Å². The quantitative estimate of drug-likeness (QED) is 0.755. The first-order chi connectivity index (χ1) is 13.1. The molecule has 1 N–H and O–H groups in total. The van der Waals surface area contributed by atoms with E-state index in [0.717, 1.165) is 44.0 Å². The molecule has 1 heterocycles. The van der Waals surface area contributed by atoms with E-state index in [2.05, 4.69) is 10.2 Å². The van der Waals surface area contributed by atoms with Crippen LogP contribution < -0.4 is 14.8 Å². The Bertz CT molecular complexity index is 624. The van der Waals surface area contributed by atoms with Gasteiger partial charge in [0.2, 0.25) is 5.91 Å². The van der Waals surface area contributed by atoms with Gasteiger partial charge in [0, 0.05) is 33.7 Å². The molecule has 0 aromatic heterocycles. The molecule has 3 rings (SSSR count). The molecule has 1 aliphatic carbocycles. The van der Waals surface area contributed by atoms with Crippen molar-refractivity contribution in [2.24, 2.45) is 11.8 Å². The van der Waals surface area contributed by atoms with Crippen LogP contribution in [0.5, 0.6) is 11.5 Å². The van der Waals surface area contributed by atoms with E-state index < -0.39 is 0 Å². The van der Waals surface area contributed by atoms with Crippen molar-refractivity contribution in [2.45, 2.75) is 38.8 Å². The Labute approximate surface area is 162 Å². The van der Waals surface area contributed by atoms with Gasteiger partial charge in [-0.25, -0.2) is 0 Å². The molecule has 27 heavy (non-hydrogen) atoms. The lowest BCUT2D eigenvalue weighted by molar-refractivity contribution is -0.121. The van der Waals surface area contributed by atoms with Crippen LogP contribution in [0.3, 0.4) is 0 Å². The van der Waals surface area contributed by atoms with Crippen LogP contribution in [0.15, 0.2) is 24.3 Å². The van der Waals surface area contributed by atoms with Crippen molar-refractivity contribution in [3.8, 4) is 11.5 Å². The molecule has 1 amide bonds. The van der Waals surface area contributed by atoms with E-state index in [-0.39, 0.29) is 18.1 Å². The first-order valence-electron chi connectivity index (χ1n) is 9.97. The summed E-state index contributed by atoms with van der Waals surface area (Å²) in [6, 6.07) is 7.95. The predicted molar refractivity (Wildman–Crippen MR) is 104 cm³/mol. The topological polar surface area (TPSA) is 60.0 Å². The van der Waals surface area contributed by atoms with E-state index in [4.69, 9.17) is 14.2 Å². The van der Waals surface area contributed by atoms with Crippen molar-refractivity contribution in [1.82, 2.24) is 10.2 Å². The van der Waals surface area contributed by atoms with Crippen LogP contribution in [0.25, 0.3) is 0 Å². The Balaban J connectivity index is 1.49. The zero-order valence-corrected chi connectivity index (χ0v) is 16.6. The van der Waals surface area contributed by atoms with Gasteiger partial charge in [-0.2, -0.15) is 0 Å². The second-order valence-corrected chi connectivity index (χ2v) is 7.56. The number of benzene rings is 1. The van der Waals surface area contributed by atoms with E-state index in [0.29, 0.717) is 25.0 Å². The number of methoxy groups -OCH3 is 1. The van der Waals surface area contributed by atoms with Gasteiger partial charge in [0.15, 0.2) is 11.5 Å². The number of rotatable bonds is 8. The zero-order chi connectivity index (χ0) is 19.2. The fourth-order valence-corrected chi connectivity index (χ4v) is 4.50. The van der Waals surface area contributed by atoms with Crippen LogP contribution in [-0.2, 0) is 9.53 Å². The average Bonchev–Trinajstić information content (AvgIpc) is 3.03. The summed E-state index contributed by atoms with van der Waals surface area (Å²) in [7, 11) is 1.75. The van der Waals surface area contributed by atoms with Crippen molar-refractivity contribution in [3.05, 3.63) is 24.3 Å². The lowest BCUT2D eigenvalue weighted by Gasteiger charge is -2.37. The summed E-state index contributed by atoms with van der Waals surface area (Å²) >= 11 is 0. The average molecular weight is 376 g/mol. The molecule has 1 aromatic carbocycles. The summed E-state index contributed by atoms with van der Waals surface area (Å²) in [5.41, 5.74) is 0. The van der Waals surface area contributed by atoms with Crippen LogP contribution in [0.2, 0.25) is 0 Å². The Morgan fingerprint density at radius 3 is 2.44 bits per heavy atom. The number of nitrogens with one attached hydrogen (secondary N) is 1. The van der Waals surface area contributed by atoms with Gasteiger partial charge in [0.1, 0.15) is 6.61 Å². The van der Waals surface area contributed by atoms with Crippen LogP contribution in [0.1, 0.15) is 26.7 Å². The highest BCUT2D eigenvalue weighted by Crippen LogP contribution is 2.37. The highest BCUT2D eigenvalue weighted by molar-refractivity contribution is 5.73. The smallest absolute Gasteiger partial charge is 0.217 e. The van der Waals surface area contributed by atoms with Crippen LogP contribution in [0, 0.1) is 11.8 Å². The lowest BCUT2D eigenvalue weighted by atomic mass is 9.77. The van der Waals surface area contributed by atoms with Gasteiger partial charge in [-0.15, -0.1) is 0 Å². The third kappa shape index (κ3) is 5.14. The molecule has 150 valence electrons. The fourth-order valence-electron chi connectivity index (χ4n) is 4.50. The summed E-state index contributed by atoms with van der Waals surface area (Å²) < 4.78 is 17.2. The molecular formula is C21H32N2O4. The third-order valence-electron chi connectivity index (χ3n) is 5.70. The van der Waals surface area contributed by atoms with Gasteiger partial charge < -0.3 is 19.5 Å². The van der Waals surface area contributed by atoms with E-state index in [1.165, 1.54) is 0 Å². The van der Waals surface area contributed by atoms with Crippen molar-refractivity contribution >= 4 is 5.91 Å². The Morgan fingerprint density at radius 1 is 1.15 bits per heavy atom. The molecule has 0 unspecified atom stereocenters. The SMILES string of the molecule is CCOc1ccccc1OCCN1C[C@H]2C[C@@H](NC(C)=O)[C@H](OC)C[C@H]2C1. The number of para-hydroxylation sites is 2. The normalized spacial score (nSPS) is 27.8. The first-order valence-corrected chi connectivity index (χ1v) is 9.97. The summed E-state index contributed by atoms with van der Waals surface area (Å²) in [5, 5.41) is 3.07. The number of carbonyl (C=O) groups excluding carboxylic acids is 1.